The van der Waals surface area contributed by atoms with Gasteiger partial charge in [-0.1, -0.05) is 6.92 Å². The van der Waals surface area contributed by atoms with E-state index in [9.17, 15) is 4.79 Å². The van der Waals surface area contributed by atoms with Crippen LogP contribution in [0.15, 0.2) is 0 Å². The van der Waals surface area contributed by atoms with Gasteiger partial charge in [0.05, 0.1) is 6.54 Å². The van der Waals surface area contributed by atoms with E-state index in [2.05, 4.69) is 30.7 Å². The van der Waals surface area contributed by atoms with E-state index in [-0.39, 0.29) is 10.7 Å². The van der Waals surface area contributed by atoms with Crippen LogP contribution in [0.25, 0.3) is 0 Å². The van der Waals surface area contributed by atoms with Crippen LogP contribution in [0.2, 0.25) is 0 Å². The molecule has 0 aliphatic rings. The maximum atomic E-state index is 11.2. The summed E-state index contributed by atoms with van der Waals surface area (Å²) in [5.41, 5.74) is 0. The van der Waals surface area contributed by atoms with E-state index in [1.165, 1.54) is 0 Å². The van der Waals surface area contributed by atoms with E-state index >= 15 is 0 Å². The molecule has 0 atom stereocenters. The quantitative estimate of drug-likeness (QED) is 0.675. The number of nitrogens with one attached hydrogen (secondary N) is 2. The lowest BCUT2D eigenvalue weighted by Crippen LogP contribution is -2.39. The Morgan fingerprint density at radius 3 is 2.57 bits per heavy atom. The molecule has 0 saturated carbocycles. The molecule has 0 spiro atoms. The van der Waals surface area contributed by atoms with E-state index in [4.69, 9.17) is 0 Å². The molecule has 0 aliphatic heterocycles. The Morgan fingerprint density at radius 1 is 1.43 bits per heavy atom. The van der Waals surface area contributed by atoms with Crippen LogP contribution in [-0.4, -0.2) is 36.5 Å². The predicted octanol–water partition coefficient (Wildman–Crippen LogP) is 1.24. The number of hydrogen-bond donors (Lipinski definition) is 2. The molecule has 4 heteroatoms. The van der Waals surface area contributed by atoms with E-state index in [1.54, 1.807) is 11.8 Å². The third kappa shape index (κ3) is 7.21. The molecule has 0 heterocycles. The molecule has 0 bridgehead atoms. The van der Waals surface area contributed by atoms with Gasteiger partial charge in [-0.25, -0.2) is 0 Å². The molecule has 14 heavy (non-hydrogen) atoms. The molecule has 0 unspecified atom stereocenters. The zero-order valence-corrected chi connectivity index (χ0v) is 10.5. The molecular formula is C10H22N2OS. The van der Waals surface area contributed by atoms with Crippen molar-refractivity contribution in [2.24, 2.45) is 0 Å². The fourth-order valence-corrected chi connectivity index (χ4v) is 1.12. The van der Waals surface area contributed by atoms with Crippen LogP contribution in [0.5, 0.6) is 0 Å². The molecule has 0 aromatic heterocycles. The first-order chi connectivity index (χ1) is 6.52. The second kappa shape index (κ2) is 7.12. The van der Waals surface area contributed by atoms with Crippen molar-refractivity contribution in [1.29, 1.82) is 0 Å². The van der Waals surface area contributed by atoms with Gasteiger partial charge in [0.2, 0.25) is 5.91 Å². The molecule has 1 amide bonds. The van der Waals surface area contributed by atoms with Crippen LogP contribution in [0.4, 0.5) is 0 Å². The molecule has 0 rings (SSSR count). The highest BCUT2D eigenvalue weighted by atomic mass is 32.2. The SMILES string of the molecule is CCCNC(=O)CNCC(C)(C)SC. The summed E-state index contributed by atoms with van der Waals surface area (Å²) in [6.07, 6.45) is 3.07. The summed E-state index contributed by atoms with van der Waals surface area (Å²) in [7, 11) is 0. The number of hydrogen-bond acceptors (Lipinski definition) is 3. The first kappa shape index (κ1) is 13.8. The largest absolute Gasteiger partial charge is 0.355 e. The zero-order valence-electron chi connectivity index (χ0n) is 9.64. The van der Waals surface area contributed by atoms with Gasteiger partial charge in [0.25, 0.3) is 0 Å². The van der Waals surface area contributed by atoms with Gasteiger partial charge < -0.3 is 10.6 Å². The second-order valence-corrected chi connectivity index (χ2v) is 5.43. The van der Waals surface area contributed by atoms with Crippen LogP contribution in [0.1, 0.15) is 27.2 Å². The average Bonchev–Trinajstić information content (AvgIpc) is 2.14. The summed E-state index contributed by atoms with van der Waals surface area (Å²) in [5, 5.41) is 5.98. The molecule has 0 aromatic rings. The maximum Gasteiger partial charge on any atom is 0.233 e. The Kier molecular flexibility index (Phi) is 7.01. The molecule has 3 nitrogen and oxygen atoms in total. The summed E-state index contributed by atoms with van der Waals surface area (Å²) in [6, 6.07) is 0. The number of thioether (sulfide) groups is 1. The first-order valence-corrected chi connectivity index (χ1v) is 6.27. The van der Waals surface area contributed by atoms with E-state index in [0.717, 1.165) is 19.5 Å². The van der Waals surface area contributed by atoms with E-state index < -0.39 is 0 Å². The van der Waals surface area contributed by atoms with Gasteiger partial charge in [-0.05, 0) is 26.5 Å². The predicted molar refractivity (Wildman–Crippen MR) is 63.8 cm³/mol. The summed E-state index contributed by atoms with van der Waals surface area (Å²) in [5.74, 6) is 0.0868. The molecule has 0 aliphatic carbocycles. The van der Waals surface area contributed by atoms with Crippen LogP contribution < -0.4 is 10.6 Å². The van der Waals surface area contributed by atoms with Crippen LogP contribution in [-0.2, 0) is 4.79 Å². The first-order valence-electron chi connectivity index (χ1n) is 5.04. The lowest BCUT2D eigenvalue weighted by atomic mass is 10.2. The lowest BCUT2D eigenvalue weighted by molar-refractivity contribution is -0.120. The highest BCUT2D eigenvalue weighted by Crippen LogP contribution is 2.19. The average molecular weight is 218 g/mol. The zero-order chi connectivity index (χ0) is 11.0. The van der Waals surface area contributed by atoms with Crippen molar-refractivity contribution in [2.45, 2.75) is 31.9 Å². The standard InChI is InChI=1S/C10H22N2OS/c1-5-6-12-9(13)7-11-8-10(2,3)14-4/h11H,5-8H2,1-4H3,(H,12,13). The summed E-state index contributed by atoms with van der Waals surface area (Å²) in [6.45, 7) is 8.41. The van der Waals surface area contributed by atoms with Crippen molar-refractivity contribution in [3.63, 3.8) is 0 Å². The van der Waals surface area contributed by atoms with Gasteiger partial charge in [0, 0.05) is 17.8 Å². The van der Waals surface area contributed by atoms with E-state index in [0.29, 0.717) is 6.54 Å². The van der Waals surface area contributed by atoms with E-state index in [1.807, 2.05) is 6.92 Å². The number of carbonyl (C=O) groups excluding carboxylic acids is 1. The molecule has 0 saturated heterocycles. The van der Waals surface area contributed by atoms with Gasteiger partial charge in [0.1, 0.15) is 0 Å². The number of carbonyl (C=O) groups is 1. The summed E-state index contributed by atoms with van der Waals surface area (Å²) < 4.78 is 0.199. The Morgan fingerprint density at radius 2 is 2.07 bits per heavy atom. The molecule has 0 fully saturated rings. The molecule has 84 valence electrons. The molecule has 0 aromatic carbocycles. The van der Waals surface area contributed by atoms with Crippen molar-refractivity contribution >= 4 is 17.7 Å². The Bertz CT molecular complexity index is 172. The minimum Gasteiger partial charge on any atom is -0.355 e. The fraction of sp³-hybridized carbons (Fsp3) is 0.900. The third-order valence-electron chi connectivity index (χ3n) is 1.96. The summed E-state index contributed by atoms with van der Waals surface area (Å²) in [4.78, 5) is 11.2. The Balaban J connectivity index is 3.49. The molecule has 2 N–H and O–H groups in total. The minimum atomic E-state index is 0.0868. The fourth-order valence-electron chi connectivity index (χ4n) is 0.876. The van der Waals surface area contributed by atoms with Gasteiger partial charge in [0.15, 0.2) is 0 Å². The van der Waals surface area contributed by atoms with Crippen molar-refractivity contribution < 1.29 is 4.79 Å². The highest BCUT2D eigenvalue weighted by molar-refractivity contribution is 7.99. The monoisotopic (exact) mass is 218 g/mol. The van der Waals surface area contributed by atoms with Crippen molar-refractivity contribution in [2.75, 3.05) is 25.9 Å². The molecule has 0 radical (unpaired) electrons. The third-order valence-corrected chi connectivity index (χ3v) is 3.21. The van der Waals surface area contributed by atoms with Crippen LogP contribution >= 0.6 is 11.8 Å². The minimum absolute atomic E-state index is 0.0868. The topological polar surface area (TPSA) is 41.1 Å². The summed E-state index contributed by atoms with van der Waals surface area (Å²) >= 11 is 1.80. The smallest absolute Gasteiger partial charge is 0.233 e. The lowest BCUT2D eigenvalue weighted by Gasteiger charge is -2.22. The van der Waals surface area contributed by atoms with Crippen LogP contribution in [0.3, 0.4) is 0 Å². The second-order valence-electron chi connectivity index (χ2n) is 3.92. The number of rotatable bonds is 7. The van der Waals surface area contributed by atoms with Crippen molar-refractivity contribution in [1.82, 2.24) is 10.6 Å². The van der Waals surface area contributed by atoms with Crippen molar-refractivity contribution in [3.05, 3.63) is 0 Å². The maximum absolute atomic E-state index is 11.2. The van der Waals surface area contributed by atoms with Gasteiger partial charge >= 0.3 is 0 Å². The van der Waals surface area contributed by atoms with Gasteiger partial charge in [-0.2, -0.15) is 11.8 Å². The Labute approximate surface area is 91.4 Å². The number of amides is 1. The van der Waals surface area contributed by atoms with Gasteiger partial charge in [-0.15, -0.1) is 0 Å². The Hall–Kier alpha value is -0.220. The van der Waals surface area contributed by atoms with Gasteiger partial charge in [-0.3, -0.25) is 4.79 Å². The normalized spacial score (nSPS) is 11.4. The van der Waals surface area contributed by atoms with Crippen LogP contribution in [0, 0.1) is 0 Å². The highest BCUT2D eigenvalue weighted by Gasteiger charge is 2.15. The molecular weight excluding hydrogens is 196 g/mol. The van der Waals surface area contributed by atoms with Crippen molar-refractivity contribution in [3.8, 4) is 0 Å².